The summed E-state index contributed by atoms with van der Waals surface area (Å²) < 4.78 is 10.3. The molecule has 2 unspecified atom stereocenters. The van der Waals surface area contributed by atoms with E-state index in [0.717, 1.165) is 19.3 Å². The van der Waals surface area contributed by atoms with E-state index < -0.39 is 12.1 Å². The smallest absolute Gasteiger partial charge is 0.347 e. The maximum atomic E-state index is 11.7. The summed E-state index contributed by atoms with van der Waals surface area (Å²) in [4.78, 5) is 22.6. The fourth-order valence-electron chi connectivity index (χ4n) is 2.95. The second-order valence-electron chi connectivity index (χ2n) is 6.35. The zero-order valence-electron chi connectivity index (χ0n) is 14.3. The van der Waals surface area contributed by atoms with Crippen molar-refractivity contribution in [1.82, 2.24) is 0 Å². The summed E-state index contributed by atoms with van der Waals surface area (Å²) in [6.45, 7) is 3.56. The quantitative estimate of drug-likeness (QED) is 0.415. The van der Waals surface area contributed by atoms with Gasteiger partial charge in [0.05, 0.1) is 0 Å². The molecule has 1 rings (SSSR count). The van der Waals surface area contributed by atoms with Crippen molar-refractivity contribution in [2.45, 2.75) is 103 Å². The number of hydrogen-bond acceptors (Lipinski definition) is 4. The van der Waals surface area contributed by atoms with Crippen molar-refractivity contribution in [3.63, 3.8) is 0 Å². The molecule has 128 valence electrons. The monoisotopic (exact) mass is 312 g/mol. The third-order valence-corrected chi connectivity index (χ3v) is 4.23. The first kappa shape index (κ1) is 19.0. The van der Waals surface area contributed by atoms with Crippen LogP contribution >= 0.6 is 0 Å². The standard InChI is InChI=1S/C18H32O4/c1-3-4-5-6-7-8-9-10-11-12-16-13-14-17(18(20)22-16)21-15(2)19/h16-17H,3-14H2,1-2H3. The molecule has 1 aliphatic rings. The van der Waals surface area contributed by atoms with Crippen LogP contribution in [0.1, 0.15) is 90.9 Å². The summed E-state index contributed by atoms with van der Waals surface area (Å²) >= 11 is 0. The Kier molecular flexibility index (Phi) is 9.93. The Balaban J connectivity index is 1.98. The molecule has 1 heterocycles. The predicted molar refractivity (Wildman–Crippen MR) is 86.5 cm³/mol. The third kappa shape index (κ3) is 8.40. The van der Waals surface area contributed by atoms with Crippen LogP contribution in [0.15, 0.2) is 0 Å². The van der Waals surface area contributed by atoms with Crippen LogP contribution in [0, 0.1) is 0 Å². The number of esters is 2. The van der Waals surface area contributed by atoms with E-state index in [-0.39, 0.29) is 12.1 Å². The fourth-order valence-corrected chi connectivity index (χ4v) is 2.95. The van der Waals surface area contributed by atoms with Crippen molar-refractivity contribution < 1.29 is 19.1 Å². The molecular weight excluding hydrogens is 280 g/mol. The fraction of sp³-hybridized carbons (Fsp3) is 0.889. The van der Waals surface area contributed by atoms with Gasteiger partial charge in [0.25, 0.3) is 0 Å². The molecule has 4 nitrogen and oxygen atoms in total. The molecule has 0 N–H and O–H groups in total. The van der Waals surface area contributed by atoms with E-state index in [1.54, 1.807) is 0 Å². The van der Waals surface area contributed by atoms with Gasteiger partial charge in [-0.15, -0.1) is 0 Å². The third-order valence-electron chi connectivity index (χ3n) is 4.23. The number of unbranched alkanes of at least 4 members (excludes halogenated alkanes) is 8. The lowest BCUT2D eigenvalue weighted by Crippen LogP contribution is -2.37. The first-order valence-electron chi connectivity index (χ1n) is 9.01. The van der Waals surface area contributed by atoms with Gasteiger partial charge in [0.1, 0.15) is 6.10 Å². The van der Waals surface area contributed by atoms with E-state index in [1.165, 1.54) is 58.3 Å². The van der Waals surface area contributed by atoms with Crippen LogP contribution in [0.4, 0.5) is 0 Å². The normalized spacial score (nSPS) is 21.5. The Morgan fingerprint density at radius 2 is 1.64 bits per heavy atom. The first-order valence-corrected chi connectivity index (χ1v) is 9.01. The van der Waals surface area contributed by atoms with Gasteiger partial charge < -0.3 is 9.47 Å². The average Bonchev–Trinajstić information content (AvgIpc) is 2.48. The minimum absolute atomic E-state index is 0.0175. The van der Waals surface area contributed by atoms with E-state index in [1.807, 2.05) is 0 Å². The minimum Gasteiger partial charge on any atom is -0.460 e. The molecule has 1 aliphatic heterocycles. The van der Waals surface area contributed by atoms with E-state index in [4.69, 9.17) is 9.47 Å². The van der Waals surface area contributed by atoms with Gasteiger partial charge in [-0.2, -0.15) is 0 Å². The highest BCUT2D eigenvalue weighted by Crippen LogP contribution is 2.22. The first-order chi connectivity index (χ1) is 10.6. The van der Waals surface area contributed by atoms with Crippen LogP contribution < -0.4 is 0 Å². The summed E-state index contributed by atoms with van der Waals surface area (Å²) in [6, 6.07) is 0. The van der Waals surface area contributed by atoms with Crippen LogP contribution in [-0.4, -0.2) is 24.1 Å². The highest BCUT2D eigenvalue weighted by Gasteiger charge is 2.31. The van der Waals surface area contributed by atoms with Crippen molar-refractivity contribution >= 4 is 11.9 Å². The van der Waals surface area contributed by atoms with Gasteiger partial charge in [0, 0.05) is 6.92 Å². The van der Waals surface area contributed by atoms with Gasteiger partial charge >= 0.3 is 11.9 Å². The lowest BCUT2D eigenvalue weighted by atomic mass is 10.00. The number of cyclic esters (lactones) is 1. The van der Waals surface area contributed by atoms with Crippen molar-refractivity contribution in [3.8, 4) is 0 Å². The Hall–Kier alpha value is -1.06. The summed E-state index contributed by atoms with van der Waals surface area (Å²) in [5.41, 5.74) is 0. The molecule has 0 saturated carbocycles. The minimum atomic E-state index is -0.683. The average molecular weight is 312 g/mol. The molecule has 4 heteroatoms. The molecular formula is C18H32O4. The number of carbonyl (C=O) groups excluding carboxylic acids is 2. The Labute approximate surface area is 134 Å². The Bertz CT molecular complexity index is 327. The van der Waals surface area contributed by atoms with Crippen molar-refractivity contribution in [2.24, 2.45) is 0 Å². The van der Waals surface area contributed by atoms with E-state index >= 15 is 0 Å². The second-order valence-corrected chi connectivity index (χ2v) is 6.35. The molecule has 0 bridgehead atoms. The molecule has 0 aliphatic carbocycles. The van der Waals surface area contributed by atoms with Crippen molar-refractivity contribution in [3.05, 3.63) is 0 Å². The lowest BCUT2D eigenvalue weighted by molar-refractivity contribution is -0.178. The predicted octanol–water partition coefficient (Wildman–Crippen LogP) is 4.54. The van der Waals surface area contributed by atoms with Gasteiger partial charge in [0.2, 0.25) is 0 Å². The van der Waals surface area contributed by atoms with Crippen LogP contribution in [-0.2, 0) is 19.1 Å². The second kappa shape index (κ2) is 11.5. The summed E-state index contributed by atoms with van der Waals surface area (Å²) in [5.74, 6) is -0.790. The molecule has 0 amide bonds. The topological polar surface area (TPSA) is 52.6 Å². The SMILES string of the molecule is CCCCCCCCCCCC1CCC(OC(C)=O)C(=O)O1. The summed E-state index contributed by atoms with van der Waals surface area (Å²) in [7, 11) is 0. The van der Waals surface area contributed by atoms with Gasteiger partial charge in [-0.3, -0.25) is 4.79 Å². The van der Waals surface area contributed by atoms with Gasteiger partial charge in [-0.1, -0.05) is 58.3 Å². The highest BCUT2D eigenvalue weighted by molar-refractivity contribution is 5.79. The van der Waals surface area contributed by atoms with E-state index in [2.05, 4.69) is 6.92 Å². The molecule has 0 aromatic heterocycles. The van der Waals surface area contributed by atoms with Gasteiger partial charge in [-0.05, 0) is 25.7 Å². The molecule has 0 spiro atoms. The number of carbonyl (C=O) groups is 2. The number of rotatable bonds is 11. The zero-order valence-corrected chi connectivity index (χ0v) is 14.3. The van der Waals surface area contributed by atoms with Crippen molar-refractivity contribution in [2.75, 3.05) is 0 Å². The zero-order chi connectivity index (χ0) is 16.2. The molecule has 0 aromatic rings. The van der Waals surface area contributed by atoms with Crippen molar-refractivity contribution in [1.29, 1.82) is 0 Å². The Morgan fingerprint density at radius 1 is 1.05 bits per heavy atom. The molecule has 0 radical (unpaired) electrons. The molecule has 0 aromatic carbocycles. The van der Waals surface area contributed by atoms with Gasteiger partial charge in [-0.25, -0.2) is 4.79 Å². The van der Waals surface area contributed by atoms with Crippen LogP contribution in [0.25, 0.3) is 0 Å². The molecule has 1 saturated heterocycles. The molecule has 22 heavy (non-hydrogen) atoms. The van der Waals surface area contributed by atoms with Crippen LogP contribution in [0.5, 0.6) is 0 Å². The highest BCUT2D eigenvalue weighted by atomic mass is 16.6. The summed E-state index contributed by atoms with van der Waals surface area (Å²) in [5, 5.41) is 0. The largest absolute Gasteiger partial charge is 0.460 e. The summed E-state index contributed by atoms with van der Waals surface area (Å²) in [6.07, 6.45) is 13.4. The van der Waals surface area contributed by atoms with E-state index in [9.17, 15) is 9.59 Å². The maximum Gasteiger partial charge on any atom is 0.347 e. The van der Waals surface area contributed by atoms with Crippen LogP contribution in [0.2, 0.25) is 0 Å². The van der Waals surface area contributed by atoms with Gasteiger partial charge in [0.15, 0.2) is 6.10 Å². The number of hydrogen-bond donors (Lipinski definition) is 0. The maximum absolute atomic E-state index is 11.7. The molecule has 1 fully saturated rings. The van der Waals surface area contributed by atoms with Crippen LogP contribution in [0.3, 0.4) is 0 Å². The molecule has 2 atom stereocenters. The Morgan fingerprint density at radius 3 is 2.18 bits per heavy atom. The number of ether oxygens (including phenoxy) is 2. The van der Waals surface area contributed by atoms with E-state index in [0.29, 0.717) is 6.42 Å². The lowest BCUT2D eigenvalue weighted by Gasteiger charge is -2.27.